The fourth-order valence-corrected chi connectivity index (χ4v) is 9.22. The SMILES string of the molecule is CC(=CCC(CCCCCCC(CC=C(C)C(=O)O)=NC(=O)Oc1ccc2ccccc2c1-c1c(OC(N)=O)ccc2ccccc12)=NC(=O)Oc1ccc2ccccc2c1-c1c(OC(N)=O)ccc2ccccc12)C(=O)O. The van der Waals surface area contributed by atoms with E-state index in [0.29, 0.717) is 93.7 Å². The van der Waals surface area contributed by atoms with Crippen LogP contribution in [0.15, 0.2) is 179 Å². The fourth-order valence-electron chi connectivity index (χ4n) is 9.22. The third-order valence-electron chi connectivity index (χ3n) is 13.0. The fraction of sp³-hybridized carbons (Fsp3) is 0.161. The van der Waals surface area contributed by atoms with Crippen LogP contribution in [-0.2, 0) is 9.59 Å². The van der Waals surface area contributed by atoms with Gasteiger partial charge in [0.25, 0.3) is 0 Å². The molecule has 394 valence electrons. The number of benzene rings is 8. The highest BCUT2D eigenvalue weighted by Crippen LogP contribution is 2.47. The molecule has 0 aliphatic carbocycles. The van der Waals surface area contributed by atoms with E-state index in [0.717, 1.165) is 21.5 Å². The number of carbonyl (C=O) groups excluding carboxylic acids is 4. The molecule has 0 radical (unpaired) electrons. The van der Waals surface area contributed by atoms with Crippen molar-refractivity contribution in [2.24, 2.45) is 21.5 Å². The minimum Gasteiger partial charge on any atom is -0.478 e. The van der Waals surface area contributed by atoms with Crippen LogP contribution < -0.4 is 30.4 Å². The molecule has 8 rings (SSSR count). The topological polar surface area (TPSA) is 257 Å². The number of allylic oxidation sites excluding steroid dienone is 2. The number of fused-ring (bicyclic) bond motifs is 4. The Kier molecular flexibility index (Phi) is 17.4. The Labute approximate surface area is 447 Å². The van der Waals surface area contributed by atoms with E-state index in [2.05, 4.69) is 9.98 Å². The first-order chi connectivity index (χ1) is 37.6. The smallest absolute Gasteiger partial charge is 0.438 e. The summed E-state index contributed by atoms with van der Waals surface area (Å²) in [6.07, 6.45) is 1.99. The van der Waals surface area contributed by atoms with Crippen LogP contribution in [0, 0.1) is 0 Å². The van der Waals surface area contributed by atoms with E-state index in [-0.39, 0.29) is 47.0 Å². The Hall–Kier alpha value is -9.96. The summed E-state index contributed by atoms with van der Waals surface area (Å²) < 4.78 is 23.1. The van der Waals surface area contributed by atoms with Crippen molar-refractivity contribution in [3.8, 4) is 45.3 Å². The van der Waals surface area contributed by atoms with Crippen LogP contribution in [0.2, 0.25) is 0 Å². The minimum atomic E-state index is -1.12. The number of aliphatic imine (C=N–C) groups is 2. The van der Waals surface area contributed by atoms with Crippen molar-refractivity contribution in [2.45, 2.75) is 65.2 Å². The van der Waals surface area contributed by atoms with Gasteiger partial charge < -0.3 is 40.6 Å². The van der Waals surface area contributed by atoms with Gasteiger partial charge in [0.2, 0.25) is 0 Å². The van der Waals surface area contributed by atoms with Crippen molar-refractivity contribution < 1.29 is 57.9 Å². The van der Waals surface area contributed by atoms with Gasteiger partial charge in [-0.25, -0.2) is 28.8 Å². The first kappa shape index (κ1) is 54.3. The molecule has 0 atom stereocenters. The molecule has 16 nitrogen and oxygen atoms in total. The summed E-state index contributed by atoms with van der Waals surface area (Å²) in [6, 6.07) is 43.5. The molecule has 6 N–H and O–H groups in total. The van der Waals surface area contributed by atoms with Crippen molar-refractivity contribution in [1.29, 1.82) is 0 Å². The molecule has 0 saturated carbocycles. The largest absolute Gasteiger partial charge is 0.478 e. The van der Waals surface area contributed by atoms with E-state index in [9.17, 15) is 39.0 Å². The van der Waals surface area contributed by atoms with E-state index in [4.69, 9.17) is 30.4 Å². The Morgan fingerprint density at radius 2 is 0.692 bits per heavy atom. The average Bonchev–Trinajstić information content (AvgIpc) is 3.63. The summed E-state index contributed by atoms with van der Waals surface area (Å²) in [5.74, 6) is -1.68. The second kappa shape index (κ2) is 25.0. The normalized spacial score (nSPS) is 12.2. The van der Waals surface area contributed by atoms with E-state index in [1.807, 2.05) is 97.1 Å². The van der Waals surface area contributed by atoms with Gasteiger partial charge in [-0.3, -0.25) is 0 Å². The van der Waals surface area contributed by atoms with Crippen LogP contribution in [0.5, 0.6) is 23.0 Å². The summed E-state index contributed by atoms with van der Waals surface area (Å²) in [6.45, 7) is 2.89. The number of nitrogens with zero attached hydrogens (tertiary/aromatic N) is 2. The highest BCUT2D eigenvalue weighted by atomic mass is 16.6. The predicted molar refractivity (Wildman–Crippen MR) is 301 cm³/mol. The number of hydrogen-bond donors (Lipinski definition) is 4. The van der Waals surface area contributed by atoms with Crippen LogP contribution in [-0.4, -0.2) is 57.9 Å². The lowest BCUT2D eigenvalue weighted by molar-refractivity contribution is -0.133. The molecular formula is C62H54N4O12. The van der Waals surface area contributed by atoms with Gasteiger partial charge in [0.1, 0.15) is 23.0 Å². The van der Waals surface area contributed by atoms with Gasteiger partial charge in [-0.2, -0.15) is 9.98 Å². The molecule has 0 aliphatic heterocycles. The molecule has 16 heteroatoms. The second-order valence-corrected chi connectivity index (χ2v) is 18.3. The molecule has 0 aliphatic rings. The first-order valence-electron chi connectivity index (χ1n) is 25.0. The number of ether oxygens (including phenoxy) is 4. The number of unbranched alkanes of at least 4 members (excludes halogenated alkanes) is 3. The summed E-state index contributed by atoms with van der Waals surface area (Å²) in [7, 11) is 0. The van der Waals surface area contributed by atoms with Crippen LogP contribution in [0.3, 0.4) is 0 Å². The highest BCUT2D eigenvalue weighted by Gasteiger charge is 2.24. The molecule has 8 aromatic rings. The lowest BCUT2D eigenvalue weighted by Crippen LogP contribution is -2.17. The van der Waals surface area contributed by atoms with E-state index in [1.54, 1.807) is 48.5 Å². The summed E-state index contributed by atoms with van der Waals surface area (Å²) in [4.78, 5) is 84.4. The van der Waals surface area contributed by atoms with Gasteiger partial charge in [-0.05, 0) is 107 Å². The maximum Gasteiger partial charge on any atom is 0.438 e. The third kappa shape index (κ3) is 13.3. The van der Waals surface area contributed by atoms with Crippen molar-refractivity contribution in [1.82, 2.24) is 0 Å². The van der Waals surface area contributed by atoms with E-state index < -0.39 is 36.3 Å². The van der Waals surface area contributed by atoms with Crippen molar-refractivity contribution in [3.05, 3.63) is 169 Å². The molecule has 0 aromatic heterocycles. The molecule has 8 aromatic carbocycles. The number of aliphatic carboxylic acids is 2. The van der Waals surface area contributed by atoms with Crippen molar-refractivity contribution in [3.63, 3.8) is 0 Å². The number of primary amides is 2. The van der Waals surface area contributed by atoms with Crippen molar-refractivity contribution >= 4 is 90.8 Å². The molecule has 78 heavy (non-hydrogen) atoms. The van der Waals surface area contributed by atoms with Gasteiger partial charge in [0, 0.05) is 57.7 Å². The monoisotopic (exact) mass is 1050 g/mol. The molecule has 0 unspecified atom stereocenters. The van der Waals surface area contributed by atoms with Crippen LogP contribution in [0.4, 0.5) is 19.2 Å². The lowest BCUT2D eigenvalue weighted by atomic mass is 9.92. The number of carbonyl (C=O) groups is 6. The molecule has 0 fully saturated rings. The molecule has 4 amide bonds. The number of nitrogens with two attached hydrogens (primary N) is 2. The van der Waals surface area contributed by atoms with Gasteiger partial charge in [-0.15, -0.1) is 0 Å². The average molecular weight is 1050 g/mol. The van der Waals surface area contributed by atoms with Gasteiger partial charge in [0.15, 0.2) is 0 Å². The van der Waals surface area contributed by atoms with Gasteiger partial charge in [0.05, 0.1) is 0 Å². The number of carboxylic acids is 2. The predicted octanol–water partition coefficient (Wildman–Crippen LogP) is 14.3. The zero-order chi connectivity index (χ0) is 55.3. The molecule has 0 saturated heterocycles. The number of amides is 4. The molecule has 0 spiro atoms. The van der Waals surface area contributed by atoms with Crippen LogP contribution >= 0.6 is 0 Å². The Morgan fingerprint density at radius 3 is 0.974 bits per heavy atom. The summed E-state index contributed by atoms with van der Waals surface area (Å²) >= 11 is 0. The van der Waals surface area contributed by atoms with Crippen LogP contribution in [0.1, 0.15) is 65.2 Å². The maximum atomic E-state index is 13.9. The van der Waals surface area contributed by atoms with E-state index in [1.165, 1.54) is 26.0 Å². The quantitative estimate of drug-likeness (QED) is 0.0335. The zero-order valence-corrected chi connectivity index (χ0v) is 42.7. The van der Waals surface area contributed by atoms with Gasteiger partial charge >= 0.3 is 36.3 Å². The molecular weight excluding hydrogens is 993 g/mol. The van der Waals surface area contributed by atoms with Gasteiger partial charge in [-0.1, -0.05) is 146 Å². The summed E-state index contributed by atoms with van der Waals surface area (Å²) in [5, 5.41) is 25.3. The Bertz CT molecular complexity index is 3550. The second-order valence-electron chi connectivity index (χ2n) is 18.3. The number of hydrogen-bond acceptors (Lipinski definition) is 10. The third-order valence-corrected chi connectivity index (χ3v) is 13.0. The zero-order valence-electron chi connectivity index (χ0n) is 42.7. The minimum absolute atomic E-state index is 0.0464. The molecule has 0 bridgehead atoms. The Balaban J connectivity index is 1.01. The number of rotatable bonds is 19. The maximum absolute atomic E-state index is 13.9. The van der Waals surface area contributed by atoms with Crippen LogP contribution in [0.25, 0.3) is 65.3 Å². The highest BCUT2D eigenvalue weighted by molar-refractivity contribution is 6.12. The summed E-state index contributed by atoms with van der Waals surface area (Å²) in [5.41, 5.74) is 13.8. The lowest BCUT2D eigenvalue weighted by Gasteiger charge is -2.18. The standard InChI is InChI=1S/C62H54N4O12/c1-37(57(67)68)25-31-43(65-61(73)77-51-35-29-41-17-9-13-23-47(41)55(51)53-45-21-11-7-15-39(45)27-33-49(53)75-59(63)71)19-5-3-4-6-20-44(32-26-38(2)58(69)70)66-62(74)78-52-36-30-42-18-10-14-24-48(42)56(52)54-46-22-12-8-16-40(46)28-34-50(54)76-60(64)72/h7-18,21-30,33-36H,3-6,19-20,31-32H2,1-2H3,(H2,63,71)(H2,64,72)(H,67,68)(H,69,70). The van der Waals surface area contributed by atoms with E-state index >= 15 is 0 Å². The van der Waals surface area contributed by atoms with Crippen molar-refractivity contribution in [2.75, 3.05) is 0 Å². The Morgan fingerprint density at radius 1 is 0.410 bits per heavy atom. The molecule has 0 heterocycles. The number of carboxylic acid groups (broad SMARTS) is 2. The first-order valence-corrected chi connectivity index (χ1v) is 25.0.